The van der Waals surface area contributed by atoms with Gasteiger partial charge in [-0.1, -0.05) is 35.0 Å². The first-order valence-electron chi connectivity index (χ1n) is 5.72. The number of aryl methyl sites for hydroxylation is 1. The molecule has 3 rings (SSSR count). The molecule has 0 spiro atoms. The number of rotatable bonds is 2. The average molecular weight is 335 g/mol. The predicted molar refractivity (Wildman–Crippen MR) is 82.1 cm³/mol. The topological polar surface area (TPSA) is 52.0 Å². The van der Waals surface area contributed by atoms with Crippen molar-refractivity contribution >= 4 is 33.2 Å². The van der Waals surface area contributed by atoms with Crippen LogP contribution in [0, 0.1) is 6.92 Å². The summed E-state index contributed by atoms with van der Waals surface area (Å²) in [5.41, 5.74) is 9.77. The van der Waals surface area contributed by atoms with Gasteiger partial charge in [-0.05, 0) is 39.9 Å². The maximum absolute atomic E-state index is 5.94. The maximum atomic E-state index is 5.94. The number of anilines is 1. The molecule has 0 saturated carbocycles. The van der Waals surface area contributed by atoms with Crippen LogP contribution in [-0.2, 0) is 0 Å². The molecule has 0 aliphatic heterocycles. The molecule has 0 bridgehead atoms. The Morgan fingerprint density at radius 1 is 1.32 bits per heavy atom. The number of nitrogen functional groups attached to an aromatic ring is 1. The number of benzene rings is 1. The molecule has 0 aliphatic carbocycles. The van der Waals surface area contributed by atoms with Crippen molar-refractivity contribution in [3.63, 3.8) is 0 Å². The van der Waals surface area contributed by atoms with Gasteiger partial charge in [0, 0.05) is 4.47 Å². The van der Waals surface area contributed by atoms with E-state index in [1.165, 1.54) is 5.56 Å². The van der Waals surface area contributed by atoms with Crippen molar-refractivity contribution in [2.45, 2.75) is 6.92 Å². The second-order valence-corrected chi connectivity index (χ2v) is 6.01. The van der Waals surface area contributed by atoms with Gasteiger partial charge in [0.25, 0.3) is 0 Å². The third-order valence-electron chi connectivity index (χ3n) is 2.86. The Balaban J connectivity index is 2.22. The lowest BCUT2D eigenvalue weighted by molar-refractivity contribution is 0.439. The van der Waals surface area contributed by atoms with Gasteiger partial charge in [-0.25, -0.2) is 0 Å². The minimum absolute atomic E-state index is 0.348. The van der Waals surface area contributed by atoms with E-state index in [9.17, 15) is 0 Å². The fraction of sp³-hybridized carbons (Fsp3) is 0.0714. The molecule has 0 unspecified atom stereocenters. The Labute approximate surface area is 123 Å². The molecule has 1 aromatic carbocycles. The van der Waals surface area contributed by atoms with E-state index in [0.717, 1.165) is 26.2 Å². The number of nitrogens with zero attached hydrogens (tertiary/aromatic N) is 1. The van der Waals surface area contributed by atoms with E-state index in [4.69, 9.17) is 10.3 Å². The van der Waals surface area contributed by atoms with Crippen molar-refractivity contribution in [2.75, 3.05) is 5.73 Å². The Bertz CT molecular complexity index is 733. The summed E-state index contributed by atoms with van der Waals surface area (Å²) in [7, 11) is 0. The molecule has 0 fully saturated rings. The lowest BCUT2D eigenvalue weighted by Crippen LogP contribution is -1.87. The average Bonchev–Trinajstić information content (AvgIpc) is 2.95. The zero-order valence-electron chi connectivity index (χ0n) is 10.2. The Morgan fingerprint density at radius 2 is 2.16 bits per heavy atom. The molecule has 19 heavy (non-hydrogen) atoms. The summed E-state index contributed by atoms with van der Waals surface area (Å²) in [6.45, 7) is 2.05. The standard InChI is InChI=1S/C14H11BrN2OS/c1-8-3-2-4-9(7-8)11-12(17-18-14(11)16)13-10(15)5-6-19-13/h2-7H,16H2,1H3. The number of halogens is 1. The van der Waals surface area contributed by atoms with Gasteiger partial charge >= 0.3 is 0 Å². The Hall–Kier alpha value is -1.59. The molecule has 2 heterocycles. The van der Waals surface area contributed by atoms with Gasteiger partial charge < -0.3 is 10.3 Å². The van der Waals surface area contributed by atoms with Crippen LogP contribution in [0.3, 0.4) is 0 Å². The number of hydrogen-bond donors (Lipinski definition) is 1. The first-order chi connectivity index (χ1) is 9.16. The van der Waals surface area contributed by atoms with Crippen LogP contribution in [0.15, 0.2) is 44.7 Å². The lowest BCUT2D eigenvalue weighted by atomic mass is 10.0. The summed E-state index contributed by atoms with van der Waals surface area (Å²) in [4.78, 5) is 1.02. The zero-order valence-corrected chi connectivity index (χ0v) is 12.6. The van der Waals surface area contributed by atoms with Crippen molar-refractivity contribution < 1.29 is 4.52 Å². The highest BCUT2D eigenvalue weighted by Crippen LogP contribution is 2.41. The number of thiophene rings is 1. The van der Waals surface area contributed by atoms with Crippen molar-refractivity contribution in [1.29, 1.82) is 0 Å². The molecule has 2 aromatic heterocycles. The zero-order chi connectivity index (χ0) is 13.4. The van der Waals surface area contributed by atoms with Crippen LogP contribution in [0.25, 0.3) is 21.7 Å². The minimum atomic E-state index is 0.348. The monoisotopic (exact) mass is 334 g/mol. The normalized spacial score (nSPS) is 10.8. The highest BCUT2D eigenvalue weighted by atomic mass is 79.9. The molecule has 96 valence electrons. The van der Waals surface area contributed by atoms with E-state index in [-0.39, 0.29) is 0 Å². The van der Waals surface area contributed by atoms with Crippen LogP contribution in [0.2, 0.25) is 0 Å². The van der Waals surface area contributed by atoms with E-state index >= 15 is 0 Å². The molecule has 5 heteroatoms. The first kappa shape index (κ1) is 12.4. The molecule has 0 aliphatic rings. The van der Waals surface area contributed by atoms with E-state index in [0.29, 0.717) is 5.88 Å². The second-order valence-electron chi connectivity index (χ2n) is 4.24. The van der Waals surface area contributed by atoms with E-state index < -0.39 is 0 Å². The van der Waals surface area contributed by atoms with Gasteiger partial charge in [-0.3, -0.25) is 0 Å². The first-order valence-corrected chi connectivity index (χ1v) is 7.39. The number of hydrogen-bond acceptors (Lipinski definition) is 4. The highest BCUT2D eigenvalue weighted by Gasteiger charge is 2.20. The van der Waals surface area contributed by atoms with Crippen molar-refractivity contribution in [3.05, 3.63) is 45.7 Å². The summed E-state index contributed by atoms with van der Waals surface area (Å²) in [6, 6.07) is 10.1. The molecule has 0 atom stereocenters. The van der Waals surface area contributed by atoms with E-state index in [2.05, 4.69) is 27.2 Å². The third kappa shape index (κ3) is 2.19. The summed E-state index contributed by atoms with van der Waals surface area (Å²) in [5, 5.41) is 6.11. The van der Waals surface area contributed by atoms with Crippen molar-refractivity contribution in [3.8, 4) is 21.7 Å². The van der Waals surface area contributed by atoms with Gasteiger partial charge in [0.15, 0.2) is 0 Å². The summed E-state index contributed by atoms with van der Waals surface area (Å²) >= 11 is 5.13. The van der Waals surface area contributed by atoms with Gasteiger partial charge in [0.2, 0.25) is 5.88 Å². The quantitative estimate of drug-likeness (QED) is 0.737. The number of nitrogens with two attached hydrogens (primary N) is 1. The Morgan fingerprint density at radius 3 is 2.84 bits per heavy atom. The molecular formula is C14H11BrN2OS. The molecule has 3 aromatic rings. The van der Waals surface area contributed by atoms with Crippen LogP contribution < -0.4 is 5.73 Å². The lowest BCUT2D eigenvalue weighted by Gasteiger charge is -2.03. The van der Waals surface area contributed by atoms with Crippen LogP contribution >= 0.6 is 27.3 Å². The summed E-state index contributed by atoms with van der Waals surface area (Å²) < 4.78 is 6.18. The van der Waals surface area contributed by atoms with Crippen LogP contribution in [0.4, 0.5) is 5.88 Å². The van der Waals surface area contributed by atoms with E-state index in [1.54, 1.807) is 11.3 Å². The summed E-state index contributed by atoms with van der Waals surface area (Å²) in [5.74, 6) is 0.348. The second kappa shape index (κ2) is 4.83. The van der Waals surface area contributed by atoms with Gasteiger partial charge in [0.1, 0.15) is 5.69 Å². The minimum Gasteiger partial charge on any atom is -0.367 e. The van der Waals surface area contributed by atoms with Crippen LogP contribution in [0.1, 0.15) is 5.56 Å². The largest absolute Gasteiger partial charge is 0.367 e. The SMILES string of the molecule is Cc1cccc(-c2c(-c3sccc3Br)noc2N)c1. The molecule has 0 amide bonds. The molecule has 0 radical (unpaired) electrons. The van der Waals surface area contributed by atoms with Gasteiger partial charge in [0.05, 0.1) is 10.4 Å². The highest BCUT2D eigenvalue weighted by molar-refractivity contribution is 9.10. The van der Waals surface area contributed by atoms with E-state index in [1.807, 2.05) is 36.6 Å². The van der Waals surface area contributed by atoms with Gasteiger partial charge in [-0.2, -0.15) is 0 Å². The third-order valence-corrected chi connectivity index (χ3v) is 4.70. The molecule has 2 N–H and O–H groups in total. The van der Waals surface area contributed by atoms with Crippen molar-refractivity contribution in [2.24, 2.45) is 0 Å². The summed E-state index contributed by atoms with van der Waals surface area (Å²) in [6.07, 6.45) is 0. The smallest absolute Gasteiger partial charge is 0.230 e. The maximum Gasteiger partial charge on any atom is 0.230 e. The van der Waals surface area contributed by atoms with Crippen LogP contribution in [-0.4, -0.2) is 5.16 Å². The van der Waals surface area contributed by atoms with Crippen LogP contribution in [0.5, 0.6) is 0 Å². The fourth-order valence-electron chi connectivity index (χ4n) is 2.00. The molecular weight excluding hydrogens is 324 g/mol. The van der Waals surface area contributed by atoms with Crippen molar-refractivity contribution in [1.82, 2.24) is 5.16 Å². The number of aromatic nitrogens is 1. The van der Waals surface area contributed by atoms with Gasteiger partial charge in [-0.15, -0.1) is 11.3 Å². The predicted octanol–water partition coefficient (Wildman–Crippen LogP) is 4.72. The molecule has 0 saturated heterocycles. The fourth-order valence-corrected chi connectivity index (χ4v) is 3.55. The Kier molecular flexibility index (Phi) is 3.16. The molecule has 3 nitrogen and oxygen atoms in total.